The van der Waals surface area contributed by atoms with Gasteiger partial charge in [0.25, 0.3) is 0 Å². The minimum atomic E-state index is -5.64. The zero-order valence-corrected chi connectivity index (χ0v) is 18.3. The van der Waals surface area contributed by atoms with Gasteiger partial charge < -0.3 is 45.4 Å². The van der Waals surface area contributed by atoms with E-state index < -0.39 is 63.0 Å². The number of phosphoric acid groups is 2. The number of rotatable bonds is 8. The number of ether oxygens (including phenoxy) is 1. The Morgan fingerprint density at radius 3 is 2.36 bits per heavy atom. The van der Waals surface area contributed by atoms with Gasteiger partial charge in [0.15, 0.2) is 24.5 Å². The molecule has 0 aromatic carbocycles. The van der Waals surface area contributed by atoms with Crippen molar-refractivity contribution in [3.8, 4) is 0 Å². The van der Waals surface area contributed by atoms with E-state index in [1.165, 1.54) is 0 Å². The molecule has 0 amide bonds. The van der Waals surface area contributed by atoms with Crippen molar-refractivity contribution in [2.24, 2.45) is 15.7 Å². The van der Waals surface area contributed by atoms with Crippen LogP contribution in [0.4, 0.5) is 0 Å². The van der Waals surface area contributed by atoms with Crippen molar-refractivity contribution in [3.63, 3.8) is 0 Å². The number of hydrogen-bond donors (Lipinski definition) is 8. The number of nitrogens with zero attached hydrogens (tertiary/aromatic N) is 4. The summed E-state index contributed by atoms with van der Waals surface area (Å²) in [5, 5.41) is 31.0. The highest BCUT2D eigenvalue weighted by atomic mass is 32.3. The molecule has 0 aromatic heterocycles. The molecule has 3 aliphatic rings. The minimum Gasteiger partial charge on any atom is -0.387 e. The number of hydroxylamine groups is 2. The molecule has 33 heavy (non-hydrogen) atoms. The quantitative estimate of drug-likeness (QED) is 0.0821. The van der Waals surface area contributed by atoms with Gasteiger partial charge in [-0.15, -0.1) is 3.97 Å². The van der Waals surface area contributed by atoms with E-state index >= 15 is 0 Å². The minimum absolute atomic E-state index is 0.113. The molecular weight excluding hydrogens is 524 g/mol. The maximum atomic E-state index is 11.6. The lowest BCUT2D eigenvalue weighted by atomic mass is 10.1. The molecular formula is C10H17N5O15P2S. The summed E-state index contributed by atoms with van der Waals surface area (Å²) in [5.74, 6) is -0.208. The van der Waals surface area contributed by atoms with Crippen molar-refractivity contribution in [1.82, 2.24) is 9.96 Å². The van der Waals surface area contributed by atoms with Crippen LogP contribution in [0.5, 0.6) is 0 Å². The van der Waals surface area contributed by atoms with E-state index in [0.29, 0.717) is 5.06 Å². The monoisotopic (exact) mass is 541 g/mol. The van der Waals surface area contributed by atoms with Gasteiger partial charge in [0.1, 0.15) is 30.3 Å². The van der Waals surface area contributed by atoms with Gasteiger partial charge >= 0.3 is 26.0 Å². The fourth-order valence-corrected chi connectivity index (χ4v) is 4.86. The second kappa shape index (κ2) is 8.91. The van der Waals surface area contributed by atoms with Gasteiger partial charge in [0.2, 0.25) is 0 Å². The number of fused-ring (bicyclic) bond motifs is 1. The fraction of sp³-hybridized carbons (Fsp3) is 0.600. The average Bonchev–Trinajstić information content (AvgIpc) is 3.17. The SMILES string of the molecule is NC1=C2N=CN([C@@H]3O[C@H](C(O)OP(=O)(O)OS(=O)(=O)O)[C@@H](O)[C@H]3O)C2N(OP(=O)(O)O)C=N1. The summed E-state index contributed by atoms with van der Waals surface area (Å²) < 4.78 is 69.7. The van der Waals surface area contributed by atoms with Gasteiger partial charge in [-0.1, -0.05) is 0 Å². The van der Waals surface area contributed by atoms with Gasteiger partial charge in [0, 0.05) is 0 Å². The lowest BCUT2D eigenvalue weighted by Gasteiger charge is -2.37. The molecule has 1 fully saturated rings. The normalized spacial score (nSPS) is 32.9. The number of nitrogens with two attached hydrogens (primary N) is 1. The average molecular weight is 541 g/mol. The van der Waals surface area contributed by atoms with Crippen LogP contribution in [0.2, 0.25) is 0 Å². The number of aliphatic hydroxyl groups excluding tert-OH is 3. The van der Waals surface area contributed by atoms with Gasteiger partial charge in [-0.3, -0.25) is 9.08 Å². The van der Waals surface area contributed by atoms with E-state index in [9.17, 15) is 37.8 Å². The van der Waals surface area contributed by atoms with Crippen molar-refractivity contribution in [2.45, 2.75) is 37.0 Å². The largest absolute Gasteiger partial charge is 0.491 e. The molecule has 0 bridgehead atoms. The van der Waals surface area contributed by atoms with Gasteiger partial charge in [-0.25, -0.2) is 24.2 Å². The molecule has 188 valence electrons. The van der Waals surface area contributed by atoms with Gasteiger partial charge in [-0.05, 0) is 0 Å². The summed E-state index contributed by atoms with van der Waals surface area (Å²) in [4.78, 5) is 35.9. The first kappa shape index (κ1) is 26.1. The fourth-order valence-electron chi connectivity index (χ4n) is 2.99. The summed E-state index contributed by atoms with van der Waals surface area (Å²) in [6.45, 7) is 0. The molecule has 3 rings (SSSR count). The Balaban J connectivity index is 1.80. The van der Waals surface area contributed by atoms with E-state index in [-0.39, 0.29) is 11.5 Å². The molecule has 23 heteroatoms. The first-order valence-corrected chi connectivity index (χ1v) is 12.7. The van der Waals surface area contributed by atoms with Crippen molar-refractivity contribution >= 4 is 38.7 Å². The van der Waals surface area contributed by atoms with Crippen LogP contribution in [0.3, 0.4) is 0 Å². The number of hydrogen-bond acceptors (Lipinski definition) is 16. The van der Waals surface area contributed by atoms with E-state index in [1.807, 2.05) is 0 Å². The molecule has 0 aliphatic carbocycles. The molecule has 20 nitrogen and oxygen atoms in total. The predicted molar refractivity (Wildman–Crippen MR) is 99.0 cm³/mol. The lowest BCUT2D eigenvalue weighted by Crippen LogP contribution is -2.54. The highest BCUT2D eigenvalue weighted by Crippen LogP contribution is 2.47. The highest BCUT2D eigenvalue weighted by molar-refractivity contribution is 7.85. The molecule has 9 N–H and O–H groups in total. The highest BCUT2D eigenvalue weighted by Gasteiger charge is 2.54. The first-order valence-electron chi connectivity index (χ1n) is 8.28. The third-order valence-electron chi connectivity index (χ3n) is 4.15. The molecule has 0 spiro atoms. The van der Waals surface area contributed by atoms with Crippen molar-refractivity contribution in [1.29, 1.82) is 0 Å². The Bertz CT molecular complexity index is 1070. The number of aliphatic imine (C=N–C) groups is 2. The molecule has 7 atom stereocenters. The van der Waals surface area contributed by atoms with Gasteiger partial charge in [-0.2, -0.15) is 13.0 Å². The Labute approximate surface area is 183 Å². The van der Waals surface area contributed by atoms with Crippen LogP contribution in [0, 0.1) is 0 Å². The Kier molecular flexibility index (Phi) is 7.03. The first-order chi connectivity index (χ1) is 15.0. The summed E-state index contributed by atoms with van der Waals surface area (Å²) in [7, 11) is -16.2. The van der Waals surface area contributed by atoms with Crippen LogP contribution >= 0.6 is 15.6 Å². The summed E-state index contributed by atoms with van der Waals surface area (Å²) in [6, 6.07) is 0. The topological polar surface area (TPSA) is 304 Å². The molecule has 0 radical (unpaired) electrons. The molecule has 3 heterocycles. The molecule has 1 saturated heterocycles. The summed E-state index contributed by atoms with van der Waals surface area (Å²) >= 11 is 0. The number of aliphatic hydroxyl groups is 3. The van der Waals surface area contributed by atoms with Gasteiger partial charge in [0.05, 0.1) is 6.34 Å². The third kappa shape index (κ3) is 5.93. The maximum absolute atomic E-state index is 11.6. The second-order valence-corrected chi connectivity index (χ2v) is 10.2. The standard InChI is InChI=1S/C10H17N5O15P2S/c11-7-3-8(15(2-13-7)29-31(19,20)21)14(1-12-3)9-5(17)4(16)6(27-9)10(18)28-32(22,23)30-33(24,25)26/h1-2,4-6,8-10,16-18H,11H2,(H,22,23)(H2,19,20,21)(H,24,25,26)/t4-,5+,6-,8?,9+,10?/m0/s1. The van der Waals surface area contributed by atoms with Crippen LogP contribution in [0.25, 0.3) is 0 Å². The third-order valence-corrected chi connectivity index (χ3v) is 6.54. The Morgan fingerprint density at radius 1 is 1.15 bits per heavy atom. The predicted octanol–water partition coefficient (Wildman–Crippen LogP) is -4.15. The lowest BCUT2D eigenvalue weighted by molar-refractivity contribution is -0.175. The Hall–Kier alpha value is -1.55. The van der Waals surface area contributed by atoms with Crippen molar-refractivity contribution in [3.05, 3.63) is 11.5 Å². The summed E-state index contributed by atoms with van der Waals surface area (Å²) in [6.07, 6.45) is -9.88. The van der Waals surface area contributed by atoms with Crippen LogP contribution in [0.15, 0.2) is 21.5 Å². The molecule has 0 aromatic rings. The maximum Gasteiger partial charge on any atom is 0.491 e. The van der Waals surface area contributed by atoms with E-state index in [1.54, 1.807) is 0 Å². The van der Waals surface area contributed by atoms with E-state index in [0.717, 1.165) is 17.6 Å². The van der Waals surface area contributed by atoms with Crippen molar-refractivity contribution < 1.29 is 70.0 Å². The molecule has 0 saturated carbocycles. The zero-order valence-electron chi connectivity index (χ0n) is 15.7. The zero-order chi connectivity index (χ0) is 24.9. The molecule has 3 unspecified atom stereocenters. The molecule has 3 aliphatic heterocycles. The van der Waals surface area contributed by atoms with Crippen molar-refractivity contribution in [2.75, 3.05) is 0 Å². The number of phosphoric ester groups is 1. The van der Waals surface area contributed by atoms with Crippen LogP contribution in [-0.2, 0) is 37.4 Å². The van der Waals surface area contributed by atoms with Crippen LogP contribution in [-0.4, -0.2) is 103 Å². The van der Waals surface area contributed by atoms with Crippen LogP contribution in [0.1, 0.15) is 0 Å². The van der Waals surface area contributed by atoms with E-state index in [4.69, 9.17) is 24.8 Å². The Morgan fingerprint density at radius 2 is 1.79 bits per heavy atom. The van der Waals surface area contributed by atoms with E-state index in [2.05, 4.69) is 23.1 Å². The summed E-state index contributed by atoms with van der Waals surface area (Å²) in [5.41, 5.74) is 5.56. The second-order valence-electron chi connectivity index (χ2n) is 6.45. The van der Waals surface area contributed by atoms with Crippen LogP contribution < -0.4 is 5.73 Å². The smallest absolute Gasteiger partial charge is 0.387 e.